The monoisotopic (exact) mass is 237 g/mol. The van der Waals surface area contributed by atoms with Gasteiger partial charge in [-0.15, -0.1) is 0 Å². The van der Waals surface area contributed by atoms with Gasteiger partial charge in [-0.2, -0.15) is 0 Å². The van der Waals surface area contributed by atoms with Crippen LogP contribution < -0.4 is 5.32 Å². The number of nitrogens with zero attached hydrogens (tertiary/aromatic N) is 2. The molecular weight excluding hydrogens is 214 g/mol. The molecule has 0 saturated heterocycles. The standard InChI is InChI=1S/C13H23N3O/c1-5-8-17-9-13-15-10(2)12(6-7-14-4)11(3)16-13/h14H,5-9H2,1-4H3. The van der Waals surface area contributed by atoms with Crippen LogP contribution in [0.15, 0.2) is 0 Å². The van der Waals surface area contributed by atoms with Gasteiger partial charge in [0.05, 0.1) is 0 Å². The van der Waals surface area contributed by atoms with Crippen LogP contribution in [0.4, 0.5) is 0 Å². The zero-order valence-corrected chi connectivity index (χ0v) is 11.3. The minimum atomic E-state index is 0.516. The Balaban J connectivity index is 2.71. The van der Waals surface area contributed by atoms with Crippen LogP contribution in [-0.4, -0.2) is 30.2 Å². The van der Waals surface area contributed by atoms with E-state index in [1.54, 1.807) is 0 Å². The maximum atomic E-state index is 5.46. The van der Waals surface area contributed by atoms with Crippen LogP contribution in [-0.2, 0) is 17.8 Å². The van der Waals surface area contributed by atoms with Gasteiger partial charge in [0.25, 0.3) is 0 Å². The molecule has 0 fully saturated rings. The van der Waals surface area contributed by atoms with Crippen molar-refractivity contribution in [3.8, 4) is 0 Å². The fraction of sp³-hybridized carbons (Fsp3) is 0.692. The summed E-state index contributed by atoms with van der Waals surface area (Å²) in [6.45, 7) is 8.42. The maximum Gasteiger partial charge on any atom is 0.154 e. The second-order valence-corrected chi connectivity index (χ2v) is 4.20. The molecular formula is C13H23N3O. The van der Waals surface area contributed by atoms with Gasteiger partial charge in [-0.05, 0) is 45.8 Å². The fourth-order valence-electron chi connectivity index (χ4n) is 1.79. The summed E-state index contributed by atoms with van der Waals surface area (Å²) in [5.41, 5.74) is 3.39. The van der Waals surface area contributed by atoms with Gasteiger partial charge in [-0.3, -0.25) is 0 Å². The van der Waals surface area contributed by atoms with E-state index in [2.05, 4.69) is 22.2 Å². The molecule has 17 heavy (non-hydrogen) atoms. The lowest BCUT2D eigenvalue weighted by molar-refractivity contribution is 0.116. The Kier molecular flexibility index (Phi) is 6.08. The summed E-state index contributed by atoms with van der Waals surface area (Å²) in [5, 5.41) is 3.15. The first-order valence-electron chi connectivity index (χ1n) is 6.24. The molecule has 0 radical (unpaired) electrons. The van der Waals surface area contributed by atoms with E-state index in [9.17, 15) is 0 Å². The Labute approximate surface area is 104 Å². The summed E-state index contributed by atoms with van der Waals surface area (Å²) in [6.07, 6.45) is 2.00. The molecule has 1 N–H and O–H groups in total. The number of nitrogens with one attached hydrogen (secondary N) is 1. The topological polar surface area (TPSA) is 47.0 Å². The minimum Gasteiger partial charge on any atom is -0.373 e. The highest BCUT2D eigenvalue weighted by Crippen LogP contribution is 2.11. The van der Waals surface area contributed by atoms with E-state index in [4.69, 9.17) is 4.74 Å². The van der Waals surface area contributed by atoms with E-state index < -0.39 is 0 Å². The Bertz CT molecular complexity index is 330. The number of rotatable bonds is 7. The van der Waals surface area contributed by atoms with Crippen LogP contribution >= 0.6 is 0 Å². The van der Waals surface area contributed by atoms with Crippen LogP contribution in [0.1, 0.15) is 36.1 Å². The summed E-state index contributed by atoms with van der Waals surface area (Å²) in [6, 6.07) is 0. The molecule has 4 nitrogen and oxygen atoms in total. The molecule has 0 bridgehead atoms. The zero-order valence-electron chi connectivity index (χ0n) is 11.3. The largest absolute Gasteiger partial charge is 0.373 e. The maximum absolute atomic E-state index is 5.46. The Morgan fingerprint density at radius 2 is 1.82 bits per heavy atom. The number of hydrogen-bond donors (Lipinski definition) is 1. The van der Waals surface area contributed by atoms with Crippen molar-refractivity contribution >= 4 is 0 Å². The summed E-state index contributed by atoms with van der Waals surface area (Å²) in [7, 11) is 1.96. The summed E-state index contributed by atoms with van der Waals surface area (Å²) in [5.74, 6) is 0.793. The molecule has 1 aromatic heterocycles. The van der Waals surface area contributed by atoms with E-state index in [0.717, 1.165) is 43.2 Å². The highest BCUT2D eigenvalue weighted by molar-refractivity contribution is 5.24. The predicted octanol–water partition coefficient (Wildman–Crippen LogP) is 1.78. The van der Waals surface area contributed by atoms with Crippen molar-refractivity contribution in [3.05, 3.63) is 22.8 Å². The first kappa shape index (κ1) is 14.1. The summed E-state index contributed by atoms with van der Waals surface area (Å²) in [4.78, 5) is 8.99. The predicted molar refractivity (Wildman–Crippen MR) is 69.1 cm³/mol. The number of hydrogen-bond acceptors (Lipinski definition) is 4. The highest BCUT2D eigenvalue weighted by Gasteiger charge is 2.07. The molecule has 4 heteroatoms. The van der Waals surface area contributed by atoms with Crippen LogP contribution in [0.5, 0.6) is 0 Å². The molecule has 1 rings (SSSR count). The normalized spacial score (nSPS) is 10.8. The van der Waals surface area contributed by atoms with Gasteiger partial charge < -0.3 is 10.1 Å². The van der Waals surface area contributed by atoms with Gasteiger partial charge in [0.15, 0.2) is 5.82 Å². The molecule has 0 saturated carbocycles. The second-order valence-electron chi connectivity index (χ2n) is 4.20. The summed E-state index contributed by atoms with van der Waals surface area (Å²) < 4.78 is 5.46. The van der Waals surface area contributed by atoms with E-state index in [1.165, 1.54) is 5.56 Å². The van der Waals surface area contributed by atoms with Crippen molar-refractivity contribution in [3.63, 3.8) is 0 Å². The van der Waals surface area contributed by atoms with Gasteiger partial charge in [0.2, 0.25) is 0 Å². The SMILES string of the molecule is CCCOCc1nc(C)c(CCNC)c(C)n1. The fourth-order valence-corrected chi connectivity index (χ4v) is 1.79. The third kappa shape index (κ3) is 4.40. The van der Waals surface area contributed by atoms with E-state index in [1.807, 2.05) is 20.9 Å². The van der Waals surface area contributed by atoms with E-state index in [-0.39, 0.29) is 0 Å². The average molecular weight is 237 g/mol. The van der Waals surface area contributed by atoms with Crippen molar-refractivity contribution in [1.29, 1.82) is 0 Å². The molecule has 0 spiro atoms. The van der Waals surface area contributed by atoms with Crippen molar-refractivity contribution in [2.24, 2.45) is 0 Å². The number of ether oxygens (including phenoxy) is 1. The molecule has 0 aliphatic rings. The van der Waals surface area contributed by atoms with Gasteiger partial charge in [0, 0.05) is 18.0 Å². The quantitative estimate of drug-likeness (QED) is 0.734. The summed E-state index contributed by atoms with van der Waals surface area (Å²) >= 11 is 0. The lowest BCUT2D eigenvalue weighted by atomic mass is 10.1. The third-order valence-electron chi connectivity index (χ3n) is 2.67. The molecule has 0 unspecified atom stereocenters. The molecule has 0 aromatic carbocycles. The van der Waals surface area contributed by atoms with Gasteiger partial charge in [-0.25, -0.2) is 9.97 Å². The van der Waals surface area contributed by atoms with Crippen molar-refractivity contribution in [2.75, 3.05) is 20.2 Å². The van der Waals surface area contributed by atoms with Crippen LogP contribution in [0.2, 0.25) is 0 Å². The highest BCUT2D eigenvalue weighted by atomic mass is 16.5. The lowest BCUT2D eigenvalue weighted by Gasteiger charge is -2.10. The number of likely N-dealkylation sites (N-methyl/N-ethyl adjacent to an activating group) is 1. The average Bonchev–Trinajstić information content (AvgIpc) is 2.28. The molecule has 0 aliphatic heterocycles. The first-order chi connectivity index (χ1) is 8.19. The molecule has 96 valence electrons. The van der Waals surface area contributed by atoms with Crippen LogP contribution in [0, 0.1) is 13.8 Å². The number of aromatic nitrogens is 2. The smallest absolute Gasteiger partial charge is 0.154 e. The molecule has 1 aromatic rings. The second kappa shape index (κ2) is 7.35. The van der Waals surface area contributed by atoms with Crippen LogP contribution in [0.25, 0.3) is 0 Å². The molecule has 0 amide bonds. The minimum absolute atomic E-state index is 0.516. The van der Waals surface area contributed by atoms with Gasteiger partial charge in [0.1, 0.15) is 6.61 Å². The van der Waals surface area contributed by atoms with Gasteiger partial charge >= 0.3 is 0 Å². The third-order valence-corrected chi connectivity index (χ3v) is 2.67. The van der Waals surface area contributed by atoms with Gasteiger partial charge in [-0.1, -0.05) is 6.92 Å². The van der Waals surface area contributed by atoms with Crippen molar-refractivity contribution in [1.82, 2.24) is 15.3 Å². The zero-order chi connectivity index (χ0) is 12.7. The molecule has 1 heterocycles. The van der Waals surface area contributed by atoms with E-state index >= 15 is 0 Å². The van der Waals surface area contributed by atoms with E-state index in [0.29, 0.717) is 6.61 Å². The number of aryl methyl sites for hydroxylation is 2. The molecule has 0 atom stereocenters. The molecule has 0 aliphatic carbocycles. The first-order valence-corrected chi connectivity index (χ1v) is 6.24. The lowest BCUT2D eigenvalue weighted by Crippen LogP contribution is -2.14. The Morgan fingerprint density at radius 3 is 2.35 bits per heavy atom. The van der Waals surface area contributed by atoms with Crippen molar-refractivity contribution in [2.45, 2.75) is 40.2 Å². The Morgan fingerprint density at radius 1 is 1.18 bits per heavy atom. The Hall–Kier alpha value is -1.00. The van der Waals surface area contributed by atoms with Crippen molar-refractivity contribution < 1.29 is 4.74 Å². The van der Waals surface area contributed by atoms with Crippen LogP contribution in [0.3, 0.4) is 0 Å².